The normalized spacial score (nSPS) is 16.6. The number of unbranched alkanes of at least 4 members (excludes halogenated alkanes) is 1. The van der Waals surface area contributed by atoms with Crippen molar-refractivity contribution < 1.29 is 21.7 Å². The molecule has 0 saturated carbocycles. The predicted octanol–water partition coefficient (Wildman–Crippen LogP) is 0.332. The van der Waals surface area contributed by atoms with E-state index in [9.17, 15) is 16.8 Å². The molecule has 21 heavy (non-hydrogen) atoms. The summed E-state index contributed by atoms with van der Waals surface area (Å²) in [7, 11) is -7.11. The number of benzene rings is 1. The van der Waals surface area contributed by atoms with Gasteiger partial charge >= 0.3 is 0 Å². The second-order valence-corrected chi connectivity index (χ2v) is 8.61. The van der Waals surface area contributed by atoms with E-state index in [0.29, 0.717) is 0 Å². The van der Waals surface area contributed by atoms with Crippen molar-refractivity contribution in [3.05, 3.63) is 35.4 Å². The maximum atomic E-state index is 12.1. The van der Waals surface area contributed by atoms with Crippen LogP contribution in [0.1, 0.15) is 24.0 Å². The van der Waals surface area contributed by atoms with Crippen molar-refractivity contribution in [3.8, 4) is 0 Å². The largest absolute Gasteiger partial charge is 0.279 e. The lowest BCUT2D eigenvalue weighted by Crippen LogP contribution is -2.35. The van der Waals surface area contributed by atoms with Gasteiger partial charge in [0, 0.05) is 0 Å². The molecule has 1 aliphatic rings. The molecule has 0 saturated heterocycles. The first-order valence-corrected chi connectivity index (χ1v) is 9.81. The molecule has 0 bridgehead atoms. The van der Waals surface area contributed by atoms with Crippen LogP contribution in [-0.4, -0.2) is 32.8 Å². The predicted molar refractivity (Wildman–Crippen MR) is 77.8 cm³/mol. The Hall–Kier alpha value is -1.00. The van der Waals surface area contributed by atoms with Crippen LogP contribution in [-0.2, 0) is 38.0 Å². The van der Waals surface area contributed by atoms with Crippen molar-refractivity contribution in [1.82, 2.24) is 4.47 Å². The van der Waals surface area contributed by atoms with E-state index in [0.717, 1.165) is 15.6 Å². The van der Waals surface area contributed by atoms with Gasteiger partial charge in [-0.2, -0.15) is 0 Å². The lowest BCUT2D eigenvalue weighted by molar-refractivity contribution is -0.114. The molecule has 0 atom stereocenters. The van der Waals surface area contributed by atoms with Gasteiger partial charge in [-0.25, -0.2) is 22.0 Å². The minimum absolute atomic E-state index is 0.162. The summed E-state index contributed by atoms with van der Waals surface area (Å²) in [5, 5.41) is 4.87. The Morgan fingerprint density at radius 2 is 1.67 bits per heavy atom. The fraction of sp³-hybridized carbons (Fsp3) is 0.500. The number of hydrogen-bond acceptors (Lipinski definition) is 5. The van der Waals surface area contributed by atoms with Gasteiger partial charge in [0.05, 0.1) is 24.7 Å². The highest BCUT2D eigenvalue weighted by molar-refractivity contribution is 7.89. The fourth-order valence-electron chi connectivity index (χ4n) is 2.05. The quantitative estimate of drug-likeness (QED) is 0.755. The first kappa shape index (κ1) is 16.4. The van der Waals surface area contributed by atoms with E-state index in [1.165, 1.54) is 0 Å². The second-order valence-electron chi connectivity index (χ2n) is 4.89. The Morgan fingerprint density at radius 1 is 1.05 bits per heavy atom. The van der Waals surface area contributed by atoms with Gasteiger partial charge in [0.15, 0.2) is 0 Å². The van der Waals surface area contributed by atoms with Crippen LogP contribution in [0.15, 0.2) is 24.3 Å². The van der Waals surface area contributed by atoms with Crippen molar-refractivity contribution in [2.45, 2.75) is 26.0 Å². The third-order valence-electron chi connectivity index (χ3n) is 3.17. The van der Waals surface area contributed by atoms with E-state index in [2.05, 4.69) is 0 Å². The molecule has 1 aromatic carbocycles. The molecule has 1 heterocycles. The Morgan fingerprint density at radius 3 is 2.33 bits per heavy atom. The summed E-state index contributed by atoms with van der Waals surface area (Å²) in [4.78, 5) is 5.27. The third kappa shape index (κ3) is 4.75. The molecule has 0 spiro atoms. The standard InChI is InChI=1S/C12H18N2O5S2/c13-20(15,16)7-3-4-8-21(17,18)14-9-11-5-1-2-6-12(11)10-19-14/h1-2,5-6H,3-4,7-10H2,(H2,13,15,16). The summed E-state index contributed by atoms with van der Waals surface area (Å²) in [5.41, 5.74) is 1.88. The van der Waals surface area contributed by atoms with Crippen molar-refractivity contribution >= 4 is 20.0 Å². The van der Waals surface area contributed by atoms with Crippen LogP contribution >= 0.6 is 0 Å². The highest BCUT2D eigenvalue weighted by Crippen LogP contribution is 2.22. The van der Waals surface area contributed by atoms with Crippen LogP contribution in [0.3, 0.4) is 0 Å². The summed E-state index contributed by atoms with van der Waals surface area (Å²) < 4.78 is 46.8. The molecule has 0 unspecified atom stereocenters. The molecule has 0 aliphatic carbocycles. The van der Waals surface area contributed by atoms with Gasteiger partial charge in [0.2, 0.25) is 20.0 Å². The number of sulfonamides is 2. The third-order valence-corrected chi connectivity index (χ3v) is 5.69. The molecule has 9 heteroatoms. The van der Waals surface area contributed by atoms with Crippen LogP contribution in [0.4, 0.5) is 0 Å². The van der Waals surface area contributed by atoms with Crippen LogP contribution in [0.25, 0.3) is 0 Å². The molecule has 118 valence electrons. The number of primary sulfonamides is 1. The number of nitrogens with zero attached hydrogens (tertiary/aromatic N) is 1. The topological polar surface area (TPSA) is 107 Å². The molecular weight excluding hydrogens is 316 g/mol. The summed E-state index contributed by atoms with van der Waals surface area (Å²) in [6.07, 6.45) is 0.433. The zero-order chi connectivity index (χ0) is 15.5. The minimum atomic E-state index is -3.57. The highest BCUT2D eigenvalue weighted by atomic mass is 32.2. The maximum Gasteiger partial charge on any atom is 0.236 e. The Labute approximate surface area is 124 Å². The molecule has 0 aromatic heterocycles. The lowest BCUT2D eigenvalue weighted by Gasteiger charge is -2.27. The number of hydroxylamine groups is 1. The number of rotatable bonds is 6. The molecule has 0 radical (unpaired) electrons. The van der Waals surface area contributed by atoms with Crippen LogP contribution in [0, 0.1) is 0 Å². The molecule has 2 rings (SSSR count). The Balaban J connectivity index is 1.92. The SMILES string of the molecule is NS(=O)(=O)CCCCS(=O)(=O)N1Cc2ccccc2CO1. The second kappa shape index (κ2) is 6.41. The molecular formula is C12H18N2O5S2. The van der Waals surface area contributed by atoms with Gasteiger partial charge in [-0.15, -0.1) is 0 Å². The number of nitrogens with two attached hydrogens (primary N) is 1. The van der Waals surface area contributed by atoms with E-state index in [4.69, 9.17) is 9.98 Å². The smallest absolute Gasteiger partial charge is 0.236 e. The summed E-state index contributed by atoms with van der Waals surface area (Å²) in [6, 6.07) is 7.48. The zero-order valence-corrected chi connectivity index (χ0v) is 13.1. The molecule has 7 nitrogen and oxygen atoms in total. The highest BCUT2D eigenvalue weighted by Gasteiger charge is 2.27. The maximum absolute atomic E-state index is 12.1. The monoisotopic (exact) mass is 334 g/mol. The van der Waals surface area contributed by atoms with Gasteiger partial charge < -0.3 is 0 Å². The first-order chi connectivity index (χ1) is 9.78. The Kier molecular flexibility index (Phi) is 4.99. The zero-order valence-electron chi connectivity index (χ0n) is 11.4. The van der Waals surface area contributed by atoms with E-state index >= 15 is 0 Å². The van der Waals surface area contributed by atoms with Crippen LogP contribution < -0.4 is 5.14 Å². The summed E-state index contributed by atoms with van der Waals surface area (Å²) in [5.74, 6) is -0.378. The lowest BCUT2D eigenvalue weighted by atomic mass is 10.1. The van der Waals surface area contributed by atoms with Gasteiger partial charge in [-0.3, -0.25) is 4.84 Å². The minimum Gasteiger partial charge on any atom is -0.279 e. The average molecular weight is 334 g/mol. The average Bonchev–Trinajstić information content (AvgIpc) is 2.42. The van der Waals surface area contributed by atoms with E-state index in [1.807, 2.05) is 24.3 Å². The Bertz CT molecular complexity index is 700. The molecule has 2 N–H and O–H groups in total. The van der Waals surface area contributed by atoms with Gasteiger partial charge in [0.1, 0.15) is 0 Å². The van der Waals surface area contributed by atoms with Crippen molar-refractivity contribution in [2.24, 2.45) is 5.14 Å². The molecule has 1 aliphatic heterocycles. The van der Waals surface area contributed by atoms with Crippen LogP contribution in [0.2, 0.25) is 0 Å². The van der Waals surface area contributed by atoms with E-state index in [1.54, 1.807) is 0 Å². The van der Waals surface area contributed by atoms with E-state index in [-0.39, 0.29) is 37.5 Å². The van der Waals surface area contributed by atoms with Crippen molar-refractivity contribution in [3.63, 3.8) is 0 Å². The van der Waals surface area contributed by atoms with Gasteiger partial charge in [-0.1, -0.05) is 28.7 Å². The van der Waals surface area contributed by atoms with Gasteiger partial charge in [0.25, 0.3) is 0 Å². The van der Waals surface area contributed by atoms with Gasteiger partial charge in [-0.05, 0) is 24.0 Å². The number of fused-ring (bicyclic) bond motifs is 1. The summed E-state index contributed by atoms with van der Waals surface area (Å²) in [6.45, 7) is 0.389. The van der Waals surface area contributed by atoms with Crippen molar-refractivity contribution in [2.75, 3.05) is 11.5 Å². The molecule has 1 aromatic rings. The molecule has 0 amide bonds. The summed E-state index contributed by atoms with van der Waals surface area (Å²) >= 11 is 0. The fourth-order valence-corrected chi connectivity index (χ4v) is 3.98. The van der Waals surface area contributed by atoms with Crippen LogP contribution in [0.5, 0.6) is 0 Å². The van der Waals surface area contributed by atoms with E-state index < -0.39 is 20.0 Å². The molecule has 0 fully saturated rings. The first-order valence-electron chi connectivity index (χ1n) is 6.48. The van der Waals surface area contributed by atoms with Crippen molar-refractivity contribution in [1.29, 1.82) is 0 Å². The number of hydrogen-bond donors (Lipinski definition) is 1.